The van der Waals surface area contributed by atoms with Gasteiger partial charge in [0, 0.05) is 64.3 Å². The van der Waals surface area contributed by atoms with Crippen LogP contribution in [0.15, 0.2) is 35.5 Å². The maximum atomic E-state index is 12.9. The van der Waals surface area contributed by atoms with Crippen molar-refractivity contribution in [2.75, 3.05) is 68.5 Å². The van der Waals surface area contributed by atoms with Gasteiger partial charge in [-0.2, -0.15) is 0 Å². The van der Waals surface area contributed by atoms with Crippen molar-refractivity contribution in [3.8, 4) is 5.75 Å². The molecule has 9 nitrogen and oxygen atoms in total. The monoisotopic (exact) mass is 546 g/mol. The number of anilines is 2. The molecule has 2 aliphatic rings. The molecule has 200 valence electrons. The van der Waals surface area contributed by atoms with Crippen molar-refractivity contribution in [1.29, 1.82) is 0 Å². The van der Waals surface area contributed by atoms with Gasteiger partial charge in [0.25, 0.3) is 0 Å². The number of hydrogen-bond acceptors (Lipinski definition) is 8. The number of thioether (sulfide) groups is 1. The van der Waals surface area contributed by atoms with E-state index in [-0.39, 0.29) is 23.6 Å². The molecule has 2 amide bonds. The van der Waals surface area contributed by atoms with E-state index in [9.17, 15) is 9.59 Å². The maximum absolute atomic E-state index is 12.9. The fraction of sp³-hybridized carbons (Fsp3) is 0.538. The molecule has 1 unspecified atom stereocenters. The Morgan fingerprint density at radius 2 is 1.78 bits per heavy atom. The molecule has 0 spiro atoms. The third-order valence-corrected chi connectivity index (χ3v) is 7.81. The van der Waals surface area contributed by atoms with Crippen LogP contribution in [0.5, 0.6) is 5.75 Å². The number of benzene rings is 1. The van der Waals surface area contributed by atoms with Gasteiger partial charge in [0.1, 0.15) is 16.7 Å². The van der Waals surface area contributed by atoms with Gasteiger partial charge in [-0.3, -0.25) is 9.59 Å². The van der Waals surface area contributed by atoms with E-state index in [0.717, 1.165) is 36.8 Å². The molecule has 4 rings (SSSR count). The molecule has 1 atom stereocenters. The van der Waals surface area contributed by atoms with Gasteiger partial charge < -0.3 is 24.3 Å². The van der Waals surface area contributed by atoms with Crippen LogP contribution in [-0.2, 0) is 9.59 Å². The lowest BCUT2D eigenvalue weighted by Gasteiger charge is -2.40. The van der Waals surface area contributed by atoms with Crippen LogP contribution in [0.3, 0.4) is 0 Å². The van der Waals surface area contributed by atoms with Gasteiger partial charge in [-0.1, -0.05) is 42.4 Å². The Hall–Kier alpha value is -2.72. The second kappa shape index (κ2) is 12.7. The van der Waals surface area contributed by atoms with Gasteiger partial charge >= 0.3 is 0 Å². The van der Waals surface area contributed by atoms with Gasteiger partial charge in [-0.05, 0) is 25.5 Å². The van der Waals surface area contributed by atoms with E-state index < -0.39 is 0 Å². The molecule has 11 heteroatoms. The summed E-state index contributed by atoms with van der Waals surface area (Å²) in [6.07, 6.45) is 1.43. The van der Waals surface area contributed by atoms with Gasteiger partial charge in [0.15, 0.2) is 5.16 Å². The zero-order chi connectivity index (χ0) is 26.4. The normalized spacial score (nSPS) is 18.2. The van der Waals surface area contributed by atoms with Crippen LogP contribution in [0.25, 0.3) is 0 Å². The molecular formula is C26H35ClN6O3S. The number of carbonyl (C=O) groups excluding carboxylic acids is 2. The summed E-state index contributed by atoms with van der Waals surface area (Å²) in [5, 5.41) is 0.836. The highest BCUT2D eigenvalue weighted by atomic mass is 35.5. The molecular weight excluding hydrogens is 512 g/mol. The summed E-state index contributed by atoms with van der Waals surface area (Å²) in [4.78, 5) is 42.5. The van der Waals surface area contributed by atoms with Crippen molar-refractivity contribution in [2.45, 2.75) is 37.9 Å². The molecule has 37 heavy (non-hydrogen) atoms. The summed E-state index contributed by atoms with van der Waals surface area (Å²) in [6.45, 7) is 8.91. The average Bonchev–Trinajstić information content (AvgIpc) is 2.91. The van der Waals surface area contributed by atoms with Gasteiger partial charge in [-0.15, -0.1) is 0 Å². The highest BCUT2D eigenvalue weighted by Crippen LogP contribution is 2.29. The van der Waals surface area contributed by atoms with E-state index in [1.165, 1.54) is 11.8 Å². The maximum Gasteiger partial charge on any atom is 0.233 e. The summed E-state index contributed by atoms with van der Waals surface area (Å²) < 4.78 is 5.48. The lowest BCUT2D eigenvalue weighted by Crippen LogP contribution is -2.54. The van der Waals surface area contributed by atoms with E-state index in [0.29, 0.717) is 49.5 Å². The Kier molecular flexibility index (Phi) is 9.37. The summed E-state index contributed by atoms with van der Waals surface area (Å²) in [5.41, 5.74) is 1.05. The SMILES string of the molecule is CCCC(=O)N1CCN(c2cc(Cl)nc(SCC(=O)N3CCN(c4ccccc4OC)CC3)n2)CC1C. The smallest absolute Gasteiger partial charge is 0.233 e. The van der Waals surface area contributed by atoms with E-state index in [1.54, 1.807) is 13.2 Å². The zero-order valence-electron chi connectivity index (χ0n) is 21.7. The first kappa shape index (κ1) is 27.3. The van der Waals surface area contributed by atoms with Crippen molar-refractivity contribution in [3.63, 3.8) is 0 Å². The summed E-state index contributed by atoms with van der Waals surface area (Å²) in [6, 6.07) is 9.80. The molecule has 0 aliphatic carbocycles. The number of rotatable bonds is 8. The fourth-order valence-corrected chi connectivity index (χ4v) is 5.79. The van der Waals surface area contributed by atoms with Crippen molar-refractivity contribution in [3.05, 3.63) is 35.5 Å². The first-order valence-corrected chi connectivity index (χ1v) is 14.1. The average molecular weight is 547 g/mol. The van der Waals surface area contributed by atoms with Crippen LogP contribution < -0.4 is 14.5 Å². The topological polar surface area (TPSA) is 82.1 Å². The number of hydrogen-bond donors (Lipinski definition) is 0. The van der Waals surface area contributed by atoms with Crippen LogP contribution in [0, 0.1) is 0 Å². The lowest BCUT2D eigenvalue weighted by molar-refractivity contribution is -0.133. The Balaban J connectivity index is 1.31. The quantitative estimate of drug-likeness (QED) is 0.283. The molecule has 2 aliphatic heterocycles. The highest BCUT2D eigenvalue weighted by Gasteiger charge is 2.28. The summed E-state index contributed by atoms with van der Waals surface area (Å²) >= 11 is 7.63. The molecule has 1 aromatic carbocycles. The fourth-order valence-electron chi connectivity index (χ4n) is 4.81. The lowest BCUT2D eigenvalue weighted by atomic mass is 10.1. The van der Waals surface area contributed by atoms with Crippen molar-refractivity contribution >= 4 is 46.7 Å². The first-order chi connectivity index (χ1) is 17.9. The molecule has 0 N–H and O–H groups in total. The molecule has 3 heterocycles. The molecule has 0 bridgehead atoms. The third-order valence-electron chi connectivity index (χ3n) is 6.78. The third kappa shape index (κ3) is 6.78. The van der Waals surface area contributed by atoms with Crippen LogP contribution in [0.4, 0.5) is 11.5 Å². The number of amides is 2. The number of carbonyl (C=O) groups is 2. The standard InChI is InChI=1S/C26H35ClN6O3S/c1-4-7-24(34)33-15-14-32(17-19(33)2)23-16-22(27)28-26(29-23)37-18-25(35)31-12-10-30(11-13-31)20-8-5-6-9-21(20)36-3/h5-6,8-9,16,19H,4,7,10-15,17-18H2,1-3H3. The van der Waals surface area contributed by atoms with Crippen LogP contribution in [-0.4, -0.2) is 96.3 Å². The van der Waals surface area contributed by atoms with Crippen molar-refractivity contribution in [2.24, 2.45) is 0 Å². The molecule has 2 aromatic rings. The first-order valence-electron chi connectivity index (χ1n) is 12.8. The van der Waals surface area contributed by atoms with Gasteiger partial charge in [0.05, 0.1) is 18.6 Å². The van der Waals surface area contributed by atoms with Crippen molar-refractivity contribution < 1.29 is 14.3 Å². The molecule has 2 saturated heterocycles. The second-order valence-corrected chi connectivity index (χ2v) is 10.6. The minimum atomic E-state index is 0.0616. The number of ether oxygens (including phenoxy) is 1. The van der Waals surface area contributed by atoms with Gasteiger partial charge in [0.2, 0.25) is 11.8 Å². The predicted molar refractivity (Wildman–Crippen MR) is 148 cm³/mol. The Morgan fingerprint density at radius 3 is 2.49 bits per heavy atom. The Labute approximate surface area is 228 Å². The molecule has 0 radical (unpaired) electrons. The zero-order valence-corrected chi connectivity index (χ0v) is 23.3. The van der Waals surface area contributed by atoms with E-state index in [1.807, 2.05) is 41.0 Å². The van der Waals surface area contributed by atoms with Crippen LogP contribution in [0.2, 0.25) is 5.15 Å². The number of methoxy groups -OCH3 is 1. The number of piperazine rings is 2. The Bertz CT molecular complexity index is 1100. The predicted octanol–water partition coefficient (Wildman–Crippen LogP) is 3.42. The van der Waals surface area contributed by atoms with Crippen LogP contribution in [0.1, 0.15) is 26.7 Å². The molecule has 1 aromatic heterocycles. The number of halogens is 1. The summed E-state index contributed by atoms with van der Waals surface area (Å²) in [7, 11) is 1.67. The van der Waals surface area contributed by atoms with E-state index in [2.05, 4.69) is 26.7 Å². The Morgan fingerprint density at radius 1 is 1.05 bits per heavy atom. The van der Waals surface area contributed by atoms with E-state index >= 15 is 0 Å². The van der Waals surface area contributed by atoms with Gasteiger partial charge in [-0.25, -0.2) is 9.97 Å². The largest absolute Gasteiger partial charge is 0.495 e. The molecule has 2 fully saturated rings. The number of aromatic nitrogens is 2. The summed E-state index contributed by atoms with van der Waals surface area (Å²) in [5.74, 6) is 2.09. The van der Waals surface area contributed by atoms with E-state index in [4.69, 9.17) is 16.3 Å². The minimum Gasteiger partial charge on any atom is -0.495 e. The molecule has 0 saturated carbocycles. The van der Waals surface area contributed by atoms with Crippen LogP contribution >= 0.6 is 23.4 Å². The highest BCUT2D eigenvalue weighted by molar-refractivity contribution is 7.99. The number of nitrogens with zero attached hydrogens (tertiary/aromatic N) is 6. The second-order valence-electron chi connectivity index (χ2n) is 9.29. The number of para-hydroxylation sites is 2. The minimum absolute atomic E-state index is 0.0616. The van der Waals surface area contributed by atoms with Crippen molar-refractivity contribution in [1.82, 2.24) is 19.8 Å².